The highest BCUT2D eigenvalue weighted by atomic mass is 32.2. The SMILES string of the molecule is CS(=O)(=O)N1CC(O)(C(c2ccccc2C(F)(F)F)[SH]2C[C@H](O)[C@H](n3cc(-c4cc(F)c(F)c(F)c4)nn3)[C@@H](O)[C@H]2CO)C1. The quantitative estimate of drug-likeness (QED) is 0.145. The highest BCUT2D eigenvalue weighted by Crippen LogP contribution is 2.60. The van der Waals surface area contributed by atoms with Crippen LogP contribution in [0.3, 0.4) is 0 Å². The zero-order valence-electron chi connectivity index (χ0n) is 22.8. The fraction of sp³-hybridized carbons (Fsp3) is 0.462. The van der Waals surface area contributed by atoms with Crippen molar-refractivity contribution in [3.8, 4) is 11.3 Å². The Morgan fingerprint density at radius 3 is 2.30 bits per heavy atom. The van der Waals surface area contributed by atoms with Crippen molar-refractivity contribution in [3.05, 3.63) is 71.2 Å². The molecule has 2 fully saturated rings. The first-order chi connectivity index (χ1) is 20.5. The second-order valence-corrected chi connectivity index (χ2v) is 15.5. The second kappa shape index (κ2) is 11.6. The molecule has 4 N–H and O–H groups in total. The molecule has 242 valence electrons. The Morgan fingerprint density at radius 2 is 1.73 bits per heavy atom. The van der Waals surface area contributed by atoms with E-state index in [4.69, 9.17) is 0 Å². The van der Waals surface area contributed by atoms with Gasteiger partial charge in [0, 0.05) is 34.9 Å². The van der Waals surface area contributed by atoms with E-state index in [-0.39, 0.29) is 22.6 Å². The van der Waals surface area contributed by atoms with Gasteiger partial charge in [0.25, 0.3) is 0 Å². The molecule has 3 heterocycles. The van der Waals surface area contributed by atoms with E-state index < -0.39 is 104 Å². The van der Waals surface area contributed by atoms with Gasteiger partial charge < -0.3 is 20.4 Å². The van der Waals surface area contributed by atoms with Crippen molar-refractivity contribution in [2.24, 2.45) is 0 Å². The molecule has 2 saturated heterocycles. The zero-order valence-corrected chi connectivity index (χ0v) is 24.5. The van der Waals surface area contributed by atoms with Gasteiger partial charge in [0.05, 0.1) is 36.8 Å². The zero-order chi connectivity index (χ0) is 32.4. The number of halogens is 6. The van der Waals surface area contributed by atoms with Gasteiger partial charge >= 0.3 is 6.18 Å². The van der Waals surface area contributed by atoms with Crippen LogP contribution in [0.4, 0.5) is 26.3 Å². The summed E-state index contributed by atoms with van der Waals surface area (Å²) >= 11 is 0. The first-order valence-corrected chi connectivity index (χ1v) is 16.6. The number of hydrogen-bond acceptors (Lipinski definition) is 8. The molecule has 2 aromatic carbocycles. The third kappa shape index (κ3) is 5.83. The van der Waals surface area contributed by atoms with Crippen LogP contribution in [0.1, 0.15) is 22.4 Å². The predicted molar refractivity (Wildman–Crippen MR) is 147 cm³/mol. The van der Waals surface area contributed by atoms with Gasteiger partial charge in [0.15, 0.2) is 17.5 Å². The average molecular weight is 671 g/mol. The van der Waals surface area contributed by atoms with Gasteiger partial charge in [-0.2, -0.15) is 17.5 Å². The van der Waals surface area contributed by atoms with Crippen LogP contribution >= 0.6 is 10.9 Å². The first kappa shape index (κ1) is 32.6. The van der Waals surface area contributed by atoms with Crippen molar-refractivity contribution in [2.75, 3.05) is 31.7 Å². The van der Waals surface area contributed by atoms with Crippen molar-refractivity contribution in [1.29, 1.82) is 0 Å². The van der Waals surface area contributed by atoms with Gasteiger partial charge in [0.2, 0.25) is 10.0 Å². The predicted octanol–water partition coefficient (Wildman–Crippen LogP) is 1.77. The Balaban J connectivity index is 1.53. The van der Waals surface area contributed by atoms with Gasteiger partial charge in [-0.25, -0.2) is 37.2 Å². The largest absolute Gasteiger partial charge is 0.416 e. The summed E-state index contributed by atoms with van der Waals surface area (Å²) in [5.41, 5.74) is -3.87. The number of hydrogen-bond donors (Lipinski definition) is 5. The van der Waals surface area contributed by atoms with Crippen molar-refractivity contribution in [1.82, 2.24) is 19.3 Å². The number of nitrogens with zero attached hydrogens (tertiary/aromatic N) is 4. The van der Waals surface area contributed by atoms with Crippen LogP contribution in [0.25, 0.3) is 11.3 Å². The number of benzene rings is 2. The minimum absolute atomic E-state index is 0.155. The number of aliphatic hydroxyl groups is 4. The Bertz CT molecular complexity index is 1630. The van der Waals surface area contributed by atoms with Crippen LogP contribution in [0, 0.1) is 17.5 Å². The molecule has 0 radical (unpaired) electrons. The van der Waals surface area contributed by atoms with Crippen LogP contribution in [-0.2, 0) is 16.2 Å². The summed E-state index contributed by atoms with van der Waals surface area (Å²) in [6, 6.07) is 4.39. The lowest BCUT2D eigenvalue weighted by molar-refractivity contribution is -0.139. The molecule has 2 aliphatic heterocycles. The maximum atomic E-state index is 14.2. The lowest BCUT2D eigenvalue weighted by Gasteiger charge is -2.56. The van der Waals surface area contributed by atoms with Crippen molar-refractivity contribution in [2.45, 2.75) is 40.5 Å². The third-order valence-electron chi connectivity index (χ3n) is 8.02. The summed E-state index contributed by atoms with van der Waals surface area (Å²) < 4.78 is 110. The highest BCUT2D eigenvalue weighted by molar-refractivity contribution is 8.18. The minimum atomic E-state index is -4.87. The molecular weight excluding hydrogens is 642 g/mol. The van der Waals surface area contributed by atoms with Crippen molar-refractivity contribution in [3.63, 3.8) is 0 Å². The molecule has 5 rings (SSSR count). The first-order valence-electron chi connectivity index (χ1n) is 13.1. The van der Waals surface area contributed by atoms with Crippen LogP contribution in [0.5, 0.6) is 0 Å². The summed E-state index contributed by atoms with van der Waals surface area (Å²) in [5, 5.41) is 49.7. The van der Waals surface area contributed by atoms with E-state index in [1.807, 2.05) is 0 Å². The van der Waals surface area contributed by atoms with E-state index in [9.17, 15) is 55.2 Å². The number of aliphatic hydroxyl groups excluding tert-OH is 3. The summed E-state index contributed by atoms with van der Waals surface area (Å²) in [6.45, 7) is -1.89. The monoisotopic (exact) mass is 670 g/mol. The van der Waals surface area contributed by atoms with E-state index in [0.717, 1.165) is 39.6 Å². The van der Waals surface area contributed by atoms with Gasteiger partial charge in [-0.1, -0.05) is 23.4 Å². The molecule has 0 saturated carbocycles. The van der Waals surface area contributed by atoms with E-state index >= 15 is 0 Å². The van der Waals surface area contributed by atoms with Gasteiger partial charge in [-0.3, -0.25) is 0 Å². The van der Waals surface area contributed by atoms with E-state index in [1.54, 1.807) is 0 Å². The fourth-order valence-electron chi connectivity index (χ4n) is 5.95. The normalized spacial score (nSPS) is 27.6. The van der Waals surface area contributed by atoms with Crippen LogP contribution in [-0.4, -0.2) is 103 Å². The minimum Gasteiger partial charge on any atom is -0.395 e. The van der Waals surface area contributed by atoms with Gasteiger partial charge in [-0.05, 0) is 23.8 Å². The number of sulfonamides is 1. The summed E-state index contributed by atoms with van der Waals surface area (Å²) in [5.74, 6) is -5.01. The molecule has 2 aliphatic rings. The van der Waals surface area contributed by atoms with E-state index in [0.29, 0.717) is 12.1 Å². The lowest BCUT2D eigenvalue weighted by atomic mass is 9.86. The number of aromatic nitrogens is 3. The number of alkyl halides is 3. The van der Waals surface area contributed by atoms with Crippen LogP contribution in [0.2, 0.25) is 0 Å². The Hall–Kier alpha value is -2.74. The molecule has 10 nitrogen and oxygen atoms in total. The molecule has 18 heteroatoms. The van der Waals surface area contributed by atoms with E-state index in [2.05, 4.69) is 10.3 Å². The average Bonchev–Trinajstić information content (AvgIpc) is 3.39. The molecular formula is C26H28F6N4O6S2. The molecule has 6 atom stereocenters. The lowest BCUT2D eigenvalue weighted by Crippen LogP contribution is -2.67. The van der Waals surface area contributed by atoms with Crippen LogP contribution < -0.4 is 0 Å². The maximum Gasteiger partial charge on any atom is 0.416 e. The topological polar surface area (TPSA) is 149 Å². The highest BCUT2D eigenvalue weighted by Gasteiger charge is 2.58. The fourth-order valence-corrected chi connectivity index (χ4v) is 10.5. The maximum absolute atomic E-state index is 14.2. The number of thiol groups is 1. The third-order valence-corrected chi connectivity index (χ3v) is 12.8. The van der Waals surface area contributed by atoms with Crippen molar-refractivity contribution < 1.29 is 55.2 Å². The Kier molecular flexibility index (Phi) is 8.58. The van der Waals surface area contributed by atoms with E-state index in [1.165, 1.54) is 6.07 Å². The molecule has 2 unspecified atom stereocenters. The molecule has 0 bridgehead atoms. The smallest absolute Gasteiger partial charge is 0.395 e. The second-order valence-electron chi connectivity index (χ2n) is 11.0. The molecule has 0 aliphatic carbocycles. The van der Waals surface area contributed by atoms with Gasteiger partial charge in [-0.15, -0.1) is 5.10 Å². The number of rotatable bonds is 7. The molecule has 3 aromatic rings. The molecule has 0 amide bonds. The Morgan fingerprint density at radius 1 is 1.11 bits per heavy atom. The standard InChI is InChI=1S/C26H28F6N4O6S2/c1-44(41,42)35-11-25(40,12-35)24(14-4-2-3-5-15(14)26(30,31)32)43-10-19(38)22(23(39)20(43)9-37)36-8-18(33-34-36)13-6-16(27)21(29)17(28)7-13/h2-8,19-20,22-24,37-40,43H,9-12H2,1H3/t19-,20+,22-,23-,24?/m0/s1. The Labute approximate surface area is 249 Å². The molecule has 0 spiro atoms. The molecule has 44 heavy (non-hydrogen) atoms. The summed E-state index contributed by atoms with van der Waals surface area (Å²) in [4.78, 5) is 0. The van der Waals surface area contributed by atoms with Gasteiger partial charge in [0.1, 0.15) is 17.3 Å². The number of β-amino-alcohol motifs (C(OH)–C–C–N with tert-alkyl or cyclic N) is 1. The molecule has 1 aromatic heterocycles. The summed E-state index contributed by atoms with van der Waals surface area (Å²) in [7, 11) is -5.92. The van der Waals surface area contributed by atoms with Crippen LogP contribution in [0.15, 0.2) is 42.6 Å². The van der Waals surface area contributed by atoms with Crippen molar-refractivity contribution >= 4 is 20.9 Å². The summed E-state index contributed by atoms with van der Waals surface area (Å²) in [6.07, 6.45) is -6.09.